The van der Waals surface area contributed by atoms with Gasteiger partial charge in [-0.25, -0.2) is 9.97 Å². The number of carbonyl (C=O) groups excluding carboxylic acids is 1. The van der Waals surface area contributed by atoms with Crippen LogP contribution in [-0.2, 0) is 9.53 Å². The molecule has 0 saturated carbocycles. The average molecular weight is 361 g/mol. The lowest BCUT2D eigenvalue weighted by atomic mass is 9.93. The Kier molecular flexibility index (Phi) is 6.80. The molecular formula is C19H31N5O2. The standard InChI is InChI=1S/C19H31N5O2/c1-15-20-8-5-18(22-15)23-11-6-17(7-12-23)24-10-3-4-16(14-24)19(25)21-9-13-26-2/h5,8,16-17H,3-4,6-7,9-14H2,1-2H3,(H,21,25)/t16-/m1/s1. The summed E-state index contributed by atoms with van der Waals surface area (Å²) in [4.78, 5) is 26.0. The van der Waals surface area contributed by atoms with Crippen molar-refractivity contribution in [1.29, 1.82) is 0 Å². The van der Waals surface area contributed by atoms with Crippen LogP contribution in [0.15, 0.2) is 12.3 Å². The topological polar surface area (TPSA) is 70.6 Å². The highest BCUT2D eigenvalue weighted by atomic mass is 16.5. The van der Waals surface area contributed by atoms with Gasteiger partial charge in [-0.1, -0.05) is 0 Å². The van der Waals surface area contributed by atoms with E-state index in [9.17, 15) is 4.79 Å². The van der Waals surface area contributed by atoms with E-state index in [1.807, 2.05) is 19.2 Å². The molecule has 1 aromatic rings. The van der Waals surface area contributed by atoms with Gasteiger partial charge in [0.05, 0.1) is 12.5 Å². The van der Waals surface area contributed by atoms with Gasteiger partial charge in [0.2, 0.25) is 5.91 Å². The van der Waals surface area contributed by atoms with Crippen molar-refractivity contribution in [3.63, 3.8) is 0 Å². The fourth-order valence-electron chi connectivity index (χ4n) is 4.05. The number of anilines is 1. The van der Waals surface area contributed by atoms with Crippen LogP contribution in [0, 0.1) is 12.8 Å². The highest BCUT2D eigenvalue weighted by molar-refractivity contribution is 5.78. The molecule has 7 nitrogen and oxygen atoms in total. The molecule has 1 N–H and O–H groups in total. The number of nitrogens with one attached hydrogen (secondary N) is 1. The van der Waals surface area contributed by atoms with E-state index in [1.54, 1.807) is 7.11 Å². The van der Waals surface area contributed by atoms with Crippen molar-refractivity contribution in [2.75, 3.05) is 51.3 Å². The number of methoxy groups -OCH3 is 1. The van der Waals surface area contributed by atoms with E-state index in [2.05, 4.69) is 25.1 Å². The molecule has 0 unspecified atom stereocenters. The van der Waals surface area contributed by atoms with Crippen LogP contribution >= 0.6 is 0 Å². The molecule has 144 valence electrons. The first kappa shape index (κ1) is 19.0. The first-order chi connectivity index (χ1) is 12.7. The normalized spacial score (nSPS) is 22.4. The van der Waals surface area contributed by atoms with E-state index in [4.69, 9.17) is 4.74 Å². The Labute approximate surface area is 156 Å². The van der Waals surface area contributed by atoms with Crippen molar-refractivity contribution in [3.05, 3.63) is 18.1 Å². The van der Waals surface area contributed by atoms with Gasteiger partial charge in [-0.3, -0.25) is 9.69 Å². The predicted molar refractivity (Wildman–Crippen MR) is 101 cm³/mol. The van der Waals surface area contributed by atoms with Crippen LogP contribution in [0.2, 0.25) is 0 Å². The quantitative estimate of drug-likeness (QED) is 0.769. The number of carbonyl (C=O) groups is 1. The summed E-state index contributed by atoms with van der Waals surface area (Å²) in [6, 6.07) is 2.57. The predicted octanol–water partition coefficient (Wildman–Crippen LogP) is 1.23. The summed E-state index contributed by atoms with van der Waals surface area (Å²) in [5.74, 6) is 2.15. The van der Waals surface area contributed by atoms with E-state index in [0.29, 0.717) is 19.2 Å². The Morgan fingerprint density at radius 1 is 1.31 bits per heavy atom. The van der Waals surface area contributed by atoms with Gasteiger partial charge < -0.3 is 15.0 Å². The van der Waals surface area contributed by atoms with Crippen molar-refractivity contribution in [1.82, 2.24) is 20.2 Å². The average Bonchev–Trinajstić information content (AvgIpc) is 2.68. The number of aromatic nitrogens is 2. The van der Waals surface area contributed by atoms with E-state index in [-0.39, 0.29) is 11.8 Å². The summed E-state index contributed by atoms with van der Waals surface area (Å²) < 4.78 is 5.01. The van der Waals surface area contributed by atoms with Gasteiger partial charge in [0, 0.05) is 45.5 Å². The summed E-state index contributed by atoms with van der Waals surface area (Å²) in [5.41, 5.74) is 0. The number of hydrogen-bond donors (Lipinski definition) is 1. The first-order valence-electron chi connectivity index (χ1n) is 9.72. The van der Waals surface area contributed by atoms with Crippen LogP contribution in [0.3, 0.4) is 0 Å². The summed E-state index contributed by atoms with van der Waals surface area (Å²) in [6.45, 7) is 7.13. The molecule has 1 atom stereocenters. The fraction of sp³-hybridized carbons (Fsp3) is 0.737. The third-order valence-electron chi connectivity index (χ3n) is 5.50. The molecule has 3 heterocycles. The van der Waals surface area contributed by atoms with Crippen LogP contribution in [0.5, 0.6) is 0 Å². The maximum absolute atomic E-state index is 12.4. The molecule has 0 aliphatic carbocycles. The molecule has 1 amide bonds. The molecule has 2 fully saturated rings. The largest absolute Gasteiger partial charge is 0.383 e. The summed E-state index contributed by atoms with van der Waals surface area (Å²) in [6.07, 6.45) is 6.19. The molecule has 0 aromatic carbocycles. The molecular weight excluding hydrogens is 330 g/mol. The molecule has 3 rings (SSSR count). The summed E-state index contributed by atoms with van der Waals surface area (Å²) in [5, 5.41) is 3.00. The zero-order chi connectivity index (χ0) is 18.4. The third kappa shape index (κ3) is 4.92. The minimum atomic E-state index is 0.114. The maximum atomic E-state index is 12.4. The van der Waals surface area contributed by atoms with Gasteiger partial charge in [0.25, 0.3) is 0 Å². The first-order valence-corrected chi connectivity index (χ1v) is 9.72. The number of piperidine rings is 2. The number of amides is 1. The number of hydrogen-bond acceptors (Lipinski definition) is 6. The Morgan fingerprint density at radius 3 is 2.85 bits per heavy atom. The van der Waals surface area contributed by atoms with Crippen LogP contribution in [0.1, 0.15) is 31.5 Å². The number of rotatable bonds is 6. The van der Waals surface area contributed by atoms with Crippen molar-refractivity contribution in [2.24, 2.45) is 5.92 Å². The lowest BCUT2D eigenvalue weighted by molar-refractivity contribution is -0.127. The summed E-state index contributed by atoms with van der Waals surface area (Å²) in [7, 11) is 1.66. The third-order valence-corrected chi connectivity index (χ3v) is 5.50. The molecule has 0 spiro atoms. The molecule has 1 aromatic heterocycles. The van der Waals surface area contributed by atoms with Gasteiger partial charge in [0.15, 0.2) is 0 Å². The highest BCUT2D eigenvalue weighted by Crippen LogP contribution is 2.25. The molecule has 7 heteroatoms. The van der Waals surface area contributed by atoms with E-state index in [0.717, 1.165) is 63.5 Å². The number of ether oxygens (including phenoxy) is 1. The second kappa shape index (κ2) is 9.28. The monoisotopic (exact) mass is 361 g/mol. The van der Waals surface area contributed by atoms with Crippen LogP contribution in [0.4, 0.5) is 5.82 Å². The smallest absolute Gasteiger partial charge is 0.224 e. The lowest BCUT2D eigenvalue weighted by Crippen LogP contribution is -2.51. The molecule has 2 aliphatic heterocycles. The highest BCUT2D eigenvalue weighted by Gasteiger charge is 2.31. The molecule has 26 heavy (non-hydrogen) atoms. The summed E-state index contributed by atoms with van der Waals surface area (Å²) >= 11 is 0. The van der Waals surface area contributed by atoms with Crippen LogP contribution in [-0.4, -0.2) is 73.3 Å². The Hall–Kier alpha value is -1.73. The van der Waals surface area contributed by atoms with Crippen LogP contribution in [0.25, 0.3) is 0 Å². The van der Waals surface area contributed by atoms with Gasteiger partial charge in [-0.05, 0) is 45.2 Å². The second-order valence-corrected chi connectivity index (χ2v) is 7.30. The van der Waals surface area contributed by atoms with Gasteiger partial charge in [-0.15, -0.1) is 0 Å². The number of nitrogens with zero attached hydrogens (tertiary/aromatic N) is 4. The van der Waals surface area contributed by atoms with E-state index in [1.165, 1.54) is 0 Å². The van der Waals surface area contributed by atoms with E-state index < -0.39 is 0 Å². The fourth-order valence-corrected chi connectivity index (χ4v) is 4.05. The van der Waals surface area contributed by atoms with Gasteiger partial charge in [-0.2, -0.15) is 0 Å². The maximum Gasteiger partial charge on any atom is 0.224 e. The lowest BCUT2D eigenvalue weighted by Gasteiger charge is -2.42. The minimum Gasteiger partial charge on any atom is -0.383 e. The zero-order valence-corrected chi connectivity index (χ0v) is 16.0. The Balaban J connectivity index is 1.48. The van der Waals surface area contributed by atoms with Crippen molar-refractivity contribution in [2.45, 2.75) is 38.6 Å². The molecule has 2 aliphatic rings. The number of aryl methyl sites for hydroxylation is 1. The second-order valence-electron chi connectivity index (χ2n) is 7.30. The van der Waals surface area contributed by atoms with Gasteiger partial charge in [0.1, 0.15) is 11.6 Å². The van der Waals surface area contributed by atoms with Crippen molar-refractivity contribution < 1.29 is 9.53 Å². The molecule has 2 saturated heterocycles. The Morgan fingerprint density at radius 2 is 2.12 bits per heavy atom. The molecule has 0 radical (unpaired) electrons. The Bertz CT molecular complexity index is 589. The number of likely N-dealkylation sites (tertiary alicyclic amines) is 1. The van der Waals surface area contributed by atoms with Crippen molar-refractivity contribution in [3.8, 4) is 0 Å². The minimum absolute atomic E-state index is 0.114. The van der Waals surface area contributed by atoms with Crippen LogP contribution < -0.4 is 10.2 Å². The van der Waals surface area contributed by atoms with E-state index >= 15 is 0 Å². The molecule has 0 bridgehead atoms. The van der Waals surface area contributed by atoms with Crippen molar-refractivity contribution >= 4 is 11.7 Å². The SMILES string of the molecule is COCCNC(=O)[C@@H]1CCCN(C2CCN(c3ccnc(C)n3)CC2)C1. The zero-order valence-electron chi connectivity index (χ0n) is 16.0. The van der Waals surface area contributed by atoms with Gasteiger partial charge >= 0.3 is 0 Å².